The van der Waals surface area contributed by atoms with Gasteiger partial charge in [0, 0.05) is 39.1 Å². The molecule has 3 aliphatic rings. The largest absolute Gasteiger partial charge is 0.352 e. The van der Waals surface area contributed by atoms with Gasteiger partial charge in [0.05, 0.1) is 6.54 Å². The molecule has 1 unspecified atom stereocenters. The minimum atomic E-state index is -0.385. The number of hydrogen-bond donors (Lipinski definition) is 2. The number of carbonyl (C=O) groups is 3. The van der Waals surface area contributed by atoms with E-state index in [1.807, 2.05) is 4.90 Å². The third kappa shape index (κ3) is 5.17. The molecule has 3 fully saturated rings. The van der Waals surface area contributed by atoms with E-state index in [4.69, 9.17) is 0 Å². The van der Waals surface area contributed by atoms with Gasteiger partial charge in [-0.1, -0.05) is 12.8 Å². The number of rotatable bonds is 6. The van der Waals surface area contributed by atoms with Gasteiger partial charge in [-0.2, -0.15) is 0 Å². The molecule has 0 aromatic carbocycles. The summed E-state index contributed by atoms with van der Waals surface area (Å²) in [7, 11) is 0. The average Bonchev–Trinajstić information content (AvgIpc) is 3.22. The Bertz CT molecular complexity index is 506. The van der Waals surface area contributed by atoms with E-state index in [0.29, 0.717) is 38.8 Å². The number of nitrogens with zero attached hydrogens (tertiary/aromatic N) is 2. The third-order valence-corrected chi connectivity index (χ3v) is 5.49. The SMILES string of the molecule is CC(=O)NC(C(=O)N1CCN(CC(=O)NC2CC2)CC1)C1CCCC1. The monoisotopic (exact) mass is 350 g/mol. The van der Waals surface area contributed by atoms with Crippen molar-refractivity contribution in [1.82, 2.24) is 20.4 Å². The fourth-order valence-electron chi connectivity index (χ4n) is 3.92. The molecule has 0 spiro atoms. The molecule has 25 heavy (non-hydrogen) atoms. The molecule has 0 aromatic heterocycles. The van der Waals surface area contributed by atoms with Crippen molar-refractivity contribution in [2.24, 2.45) is 5.92 Å². The summed E-state index contributed by atoms with van der Waals surface area (Å²) in [5.41, 5.74) is 0. The molecular formula is C18H30N4O3. The van der Waals surface area contributed by atoms with Crippen LogP contribution in [0.1, 0.15) is 45.4 Å². The molecule has 2 aliphatic carbocycles. The molecule has 2 N–H and O–H groups in total. The lowest BCUT2D eigenvalue weighted by Crippen LogP contribution is -2.57. The number of carbonyl (C=O) groups excluding carboxylic acids is 3. The Morgan fingerprint density at radius 3 is 2.20 bits per heavy atom. The Labute approximate surface area is 149 Å². The number of piperazine rings is 1. The van der Waals surface area contributed by atoms with Gasteiger partial charge in [-0.3, -0.25) is 19.3 Å². The number of hydrogen-bond acceptors (Lipinski definition) is 4. The van der Waals surface area contributed by atoms with E-state index in [1.54, 1.807) is 0 Å². The lowest BCUT2D eigenvalue weighted by atomic mass is 9.96. The van der Waals surface area contributed by atoms with E-state index >= 15 is 0 Å². The summed E-state index contributed by atoms with van der Waals surface area (Å²) in [5.74, 6) is 0.257. The predicted molar refractivity (Wildman–Crippen MR) is 93.7 cm³/mol. The normalized spacial score (nSPS) is 23.3. The van der Waals surface area contributed by atoms with E-state index in [-0.39, 0.29) is 29.7 Å². The topological polar surface area (TPSA) is 81.8 Å². The highest BCUT2D eigenvalue weighted by molar-refractivity contribution is 5.87. The summed E-state index contributed by atoms with van der Waals surface area (Å²) in [6, 6.07) is 0.00454. The van der Waals surface area contributed by atoms with Gasteiger partial charge in [0.15, 0.2) is 0 Å². The number of nitrogens with one attached hydrogen (secondary N) is 2. The summed E-state index contributed by atoms with van der Waals surface area (Å²) in [5, 5.41) is 5.89. The fourth-order valence-corrected chi connectivity index (χ4v) is 3.92. The maximum atomic E-state index is 12.9. The van der Waals surface area contributed by atoms with Crippen molar-refractivity contribution in [2.75, 3.05) is 32.7 Å². The van der Waals surface area contributed by atoms with Gasteiger partial charge in [-0.25, -0.2) is 0 Å². The van der Waals surface area contributed by atoms with Crippen LogP contribution in [0.25, 0.3) is 0 Å². The highest BCUT2D eigenvalue weighted by Crippen LogP contribution is 2.29. The molecule has 2 saturated carbocycles. The molecular weight excluding hydrogens is 320 g/mol. The molecule has 1 atom stereocenters. The second kappa shape index (κ2) is 8.17. The molecule has 1 heterocycles. The summed E-state index contributed by atoms with van der Waals surface area (Å²) in [4.78, 5) is 40.3. The van der Waals surface area contributed by atoms with E-state index in [1.165, 1.54) is 6.92 Å². The molecule has 7 heteroatoms. The molecule has 3 amide bonds. The summed E-state index contributed by atoms with van der Waals surface area (Å²) in [6.07, 6.45) is 6.49. The van der Waals surface area contributed by atoms with Crippen LogP contribution in [-0.4, -0.2) is 72.3 Å². The molecule has 140 valence electrons. The van der Waals surface area contributed by atoms with E-state index < -0.39 is 0 Å². The van der Waals surface area contributed by atoms with Gasteiger partial charge < -0.3 is 15.5 Å². The van der Waals surface area contributed by atoms with Gasteiger partial charge in [0.25, 0.3) is 0 Å². The zero-order valence-electron chi connectivity index (χ0n) is 15.1. The van der Waals surface area contributed by atoms with Crippen LogP contribution in [0.15, 0.2) is 0 Å². The lowest BCUT2D eigenvalue weighted by Gasteiger charge is -2.37. The maximum Gasteiger partial charge on any atom is 0.245 e. The maximum absolute atomic E-state index is 12.9. The van der Waals surface area contributed by atoms with Crippen molar-refractivity contribution >= 4 is 17.7 Å². The first-order valence-electron chi connectivity index (χ1n) is 9.60. The first-order chi connectivity index (χ1) is 12.0. The first-order valence-corrected chi connectivity index (χ1v) is 9.60. The van der Waals surface area contributed by atoms with Crippen LogP contribution >= 0.6 is 0 Å². The standard InChI is InChI=1S/C18H30N4O3/c1-13(23)19-17(14-4-2-3-5-14)18(25)22-10-8-21(9-11-22)12-16(24)20-15-6-7-15/h14-15,17H,2-12H2,1H3,(H,19,23)(H,20,24). The van der Waals surface area contributed by atoms with Gasteiger partial charge in [0.2, 0.25) is 17.7 Å². The van der Waals surface area contributed by atoms with Gasteiger partial charge in [0.1, 0.15) is 6.04 Å². The Kier molecular flexibility index (Phi) is 5.93. The predicted octanol–water partition coefficient (Wildman–Crippen LogP) is 0.104. The van der Waals surface area contributed by atoms with Crippen LogP contribution in [0.4, 0.5) is 0 Å². The van der Waals surface area contributed by atoms with Gasteiger partial charge in [-0.15, -0.1) is 0 Å². The molecule has 0 radical (unpaired) electrons. The zero-order chi connectivity index (χ0) is 17.8. The van der Waals surface area contributed by atoms with Crippen LogP contribution < -0.4 is 10.6 Å². The summed E-state index contributed by atoms with van der Waals surface area (Å²) < 4.78 is 0. The quantitative estimate of drug-likeness (QED) is 0.712. The van der Waals surface area contributed by atoms with Crippen molar-refractivity contribution in [1.29, 1.82) is 0 Å². The highest BCUT2D eigenvalue weighted by atomic mass is 16.2. The molecule has 3 rings (SSSR count). The minimum Gasteiger partial charge on any atom is -0.352 e. The average molecular weight is 350 g/mol. The summed E-state index contributed by atoms with van der Waals surface area (Å²) in [6.45, 7) is 4.56. The van der Waals surface area contributed by atoms with Crippen molar-refractivity contribution < 1.29 is 14.4 Å². The lowest BCUT2D eigenvalue weighted by molar-refractivity contribution is -0.139. The van der Waals surface area contributed by atoms with Gasteiger partial charge in [-0.05, 0) is 31.6 Å². The summed E-state index contributed by atoms with van der Waals surface area (Å²) >= 11 is 0. The minimum absolute atomic E-state index is 0.0455. The Hall–Kier alpha value is -1.63. The van der Waals surface area contributed by atoms with Crippen LogP contribution in [0.2, 0.25) is 0 Å². The smallest absolute Gasteiger partial charge is 0.245 e. The van der Waals surface area contributed by atoms with E-state index in [9.17, 15) is 14.4 Å². The molecule has 1 aliphatic heterocycles. The van der Waals surface area contributed by atoms with Crippen molar-refractivity contribution in [3.63, 3.8) is 0 Å². The van der Waals surface area contributed by atoms with E-state index in [2.05, 4.69) is 15.5 Å². The third-order valence-electron chi connectivity index (χ3n) is 5.49. The highest BCUT2D eigenvalue weighted by Gasteiger charge is 2.35. The van der Waals surface area contributed by atoms with Crippen LogP contribution in [-0.2, 0) is 14.4 Å². The first kappa shape index (κ1) is 18.2. The number of amides is 3. The molecule has 0 aromatic rings. The second-order valence-corrected chi connectivity index (χ2v) is 7.67. The fraction of sp³-hybridized carbons (Fsp3) is 0.833. The van der Waals surface area contributed by atoms with Crippen LogP contribution in [0.5, 0.6) is 0 Å². The van der Waals surface area contributed by atoms with Crippen LogP contribution in [0.3, 0.4) is 0 Å². The van der Waals surface area contributed by atoms with Gasteiger partial charge >= 0.3 is 0 Å². The molecule has 1 saturated heterocycles. The van der Waals surface area contributed by atoms with E-state index in [0.717, 1.165) is 38.5 Å². The Balaban J connectivity index is 1.48. The molecule has 0 bridgehead atoms. The Morgan fingerprint density at radius 1 is 1.00 bits per heavy atom. The Morgan fingerprint density at radius 2 is 1.64 bits per heavy atom. The van der Waals surface area contributed by atoms with Crippen molar-refractivity contribution in [3.05, 3.63) is 0 Å². The second-order valence-electron chi connectivity index (χ2n) is 7.67. The van der Waals surface area contributed by atoms with Crippen molar-refractivity contribution in [3.8, 4) is 0 Å². The zero-order valence-corrected chi connectivity index (χ0v) is 15.1. The molecule has 7 nitrogen and oxygen atoms in total. The van der Waals surface area contributed by atoms with Crippen molar-refractivity contribution in [2.45, 2.75) is 57.5 Å². The van der Waals surface area contributed by atoms with Crippen LogP contribution in [0, 0.1) is 5.92 Å².